The fourth-order valence-corrected chi connectivity index (χ4v) is 1.81. The van der Waals surface area contributed by atoms with Crippen LogP contribution in [0.15, 0.2) is 24.3 Å². The van der Waals surface area contributed by atoms with Gasteiger partial charge in [-0.2, -0.15) is 0 Å². The van der Waals surface area contributed by atoms with Crippen LogP contribution in [0.25, 0.3) is 0 Å². The summed E-state index contributed by atoms with van der Waals surface area (Å²) in [7, 11) is 0. The number of nitrogens with zero attached hydrogens (tertiary/aromatic N) is 1. The molecule has 0 radical (unpaired) electrons. The number of ether oxygens (including phenoxy) is 1. The van der Waals surface area contributed by atoms with Crippen LogP contribution in [0.1, 0.15) is 15.9 Å². The van der Waals surface area contributed by atoms with Crippen LogP contribution in [0.5, 0.6) is 0 Å². The summed E-state index contributed by atoms with van der Waals surface area (Å²) in [5, 5.41) is 0. The van der Waals surface area contributed by atoms with Crippen molar-refractivity contribution in [2.75, 3.05) is 12.2 Å². The van der Waals surface area contributed by atoms with Crippen molar-refractivity contribution in [2.45, 2.75) is 6.61 Å². The quantitative estimate of drug-likeness (QED) is 0.568. The zero-order valence-electron chi connectivity index (χ0n) is 7.57. The first-order valence-electron chi connectivity index (χ1n) is 4.34. The van der Waals surface area contributed by atoms with Crippen molar-refractivity contribution in [3.8, 4) is 0 Å². The average Bonchev–Trinajstić information content (AvgIpc) is 2.39. The number of alkyl halides is 1. The second-order valence-corrected chi connectivity index (χ2v) is 3.60. The van der Waals surface area contributed by atoms with Crippen molar-refractivity contribution in [1.29, 1.82) is 0 Å². The van der Waals surface area contributed by atoms with Gasteiger partial charge in [-0.05, 0) is 11.6 Å². The normalized spacial score (nSPS) is 16.4. The lowest BCUT2D eigenvalue weighted by atomic mass is 10.1. The van der Waals surface area contributed by atoms with Crippen molar-refractivity contribution in [1.82, 2.24) is 4.90 Å². The molecule has 1 heterocycles. The summed E-state index contributed by atoms with van der Waals surface area (Å²) in [6.07, 6.45) is 0. The van der Waals surface area contributed by atoms with Crippen LogP contribution in [-0.2, 0) is 11.3 Å². The summed E-state index contributed by atoms with van der Waals surface area (Å²) >= 11 is 3.26. The molecule has 0 aliphatic carbocycles. The highest BCUT2D eigenvalue weighted by Gasteiger charge is 2.20. The standard InChI is InChI=1S/C10H10BrNO2/c11-6-12-7-14-5-8-3-1-2-4-9(8)10(12)13/h1-4H,5-7H2. The van der Waals surface area contributed by atoms with E-state index in [9.17, 15) is 4.79 Å². The van der Waals surface area contributed by atoms with Crippen molar-refractivity contribution in [3.05, 3.63) is 35.4 Å². The number of hydrogen-bond donors (Lipinski definition) is 0. The second kappa shape index (κ2) is 4.11. The Morgan fingerprint density at radius 2 is 2.21 bits per heavy atom. The molecule has 0 fully saturated rings. The Morgan fingerprint density at radius 1 is 1.43 bits per heavy atom. The maximum Gasteiger partial charge on any atom is 0.256 e. The van der Waals surface area contributed by atoms with E-state index < -0.39 is 0 Å². The van der Waals surface area contributed by atoms with Crippen molar-refractivity contribution in [2.24, 2.45) is 0 Å². The Balaban J connectivity index is 2.40. The highest BCUT2D eigenvalue weighted by Crippen LogP contribution is 2.17. The van der Waals surface area contributed by atoms with E-state index in [0.29, 0.717) is 18.8 Å². The lowest BCUT2D eigenvalue weighted by molar-refractivity contribution is 0.0321. The van der Waals surface area contributed by atoms with Gasteiger partial charge in [0.25, 0.3) is 5.91 Å². The first-order valence-corrected chi connectivity index (χ1v) is 5.46. The molecule has 3 nitrogen and oxygen atoms in total. The van der Waals surface area contributed by atoms with Gasteiger partial charge in [0.15, 0.2) is 0 Å². The first kappa shape index (κ1) is 9.68. The monoisotopic (exact) mass is 255 g/mol. The van der Waals surface area contributed by atoms with Crippen LogP contribution in [0.3, 0.4) is 0 Å². The van der Waals surface area contributed by atoms with E-state index >= 15 is 0 Å². The maximum absolute atomic E-state index is 11.9. The largest absolute Gasteiger partial charge is 0.356 e. The Labute approximate surface area is 90.8 Å². The van der Waals surface area contributed by atoms with E-state index in [1.54, 1.807) is 4.90 Å². The maximum atomic E-state index is 11.9. The summed E-state index contributed by atoms with van der Waals surface area (Å²) in [6.45, 7) is 0.851. The molecule has 0 bridgehead atoms. The van der Waals surface area contributed by atoms with Crippen LogP contribution >= 0.6 is 15.9 Å². The van der Waals surface area contributed by atoms with Crippen LogP contribution in [0.4, 0.5) is 0 Å². The highest BCUT2D eigenvalue weighted by molar-refractivity contribution is 9.09. The Hall–Kier alpha value is -0.870. The molecule has 0 aromatic heterocycles. The number of benzene rings is 1. The van der Waals surface area contributed by atoms with Gasteiger partial charge in [0, 0.05) is 5.56 Å². The van der Waals surface area contributed by atoms with E-state index in [1.807, 2.05) is 24.3 Å². The van der Waals surface area contributed by atoms with Crippen LogP contribution in [0, 0.1) is 0 Å². The van der Waals surface area contributed by atoms with Crippen LogP contribution < -0.4 is 0 Å². The fraction of sp³-hybridized carbons (Fsp3) is 0.300. The third-order valence-electron chi connectivity index (χ3n) is 2.18. The fourth-order valence-electron chi connectivity index (χ4n) is 1.44. The molecule has 0 unspecified atom stereocenters. The molecule has 2 rings (SSSR count). The minimum atomic E-state index is 0.0231. The lowest BCUT2D eigenvalue weighted by Crippen LogP contribution is -2.30. The summed E-state index contributed by atoms with van der Waals surface area (Å²) in [5.74, 6) is 0.0231. The molecule has 0 saturated heterocycles. The van der Waals surface area contributed by atoms with Gasteiger partial charge in [-0.1, -0.05) is 34.1 Å². The van der Waals surface area contributed by atoms with Crippen molar-refractivity contribution >= 4 is 21.8 Å². The molecule has 0 atom stereocenters. The zero-order chi connectivity index (χ0) is 9.97. The molecular formula is C10H10BrNO2. The highest BCUT2D eigenvalue weighted by atomic mass is 79.9. The first-order chi connectivity index (χ1) is 6.83. The van der Waals surface area contributed by atoms with Crippen molar-refractivity contribution in [3.63, 3.8) is 0 Å². The molecule has 0 N–H and O–H groups in total. The van der Waals surface area contributed by atoms with Gasteiger partial charge in [0.2, 0.25) is 0 Å². The number of rotatable bonds is 1. The van der Waals surface area contributed by atoms with Gasteiger partial charge in [-0.15, -0.1) is 0 Å². The molecule has 74 valence electrons. The topological polar surface area (TPSA) is 29.5 Å². The third-order valence-corrected chi connectivity index (χ3v) is 2.79. The van der Waals surface area contributed by atoms with E-state index in [2.05, 4.69) is 15.9 Å². The Morgan fingerprint density at radius 3 is 3.00 bits per heavy atom. The molecule has 14 heavy (non-hydrogen) atoms. The van der Waals surface area contributed by atoms with Gasteiger partial charge >= 0.3 is 0 Å². The molecular weight excluding hydrogens is 246 g/mol. The lowest BCUT2D eigenvalue weighted by Gasteiger charge is -2.16. The number of carbonyl (C=O) groups excluding carboxylic acids is 1. The van der Waals surface area contributed by atoms with E-state index in [-0.39, 0.29) is 5.91 Å². The van der Waals surface area contributed by atoms with Gasteiger partial charge in [-0.25, -0.2) is 0 Å². The predicted octanol–water partition coefficient (Wildman–Crippen LogP) is 1.97. The molecule has 1 aromatic carbocycles. The van der Waals surface area contributed by atoms with Gasteiger partial charge in [0.05, 0.1) is 12.1 Å². The summed E-state index contributed by atoms with van der Waals surface area (Å²) in [4.78, 5) is 13.5. The van der Waals surface area contributed by atoms with Crippen LogP contribution in [-0.4, -0.2) is 23.0 Å². The minimum absolute atomic E-state index is 0.0231. The minimum Gasteiger partial charge on any atom is -0.356 e. The van der Waals surface area contributed by atoms with Gasteiger partial charge < -0.3 is 9.64 Å². The molecule has 1 aliphatic heterocycles. The predicted molar refractivity (Wildman–Crippen MR) is 56.1 cm³/mol. The number of hydrogen-bond acceptors (Lipinski definition) is 2. The number of halogens is 1. The van der Waals surface area contributed by atoms with E-state index in [4.69, 9.17) is 4.74 Å². The van der Waals surface area contributed by atoms with Gasteiger partial charge in [0.1, 0.15) is 6.73 Å². The average molecular weight is 256 g/mol. The summed E-state index contributed by atoms with van der Waals surface area (Å²) in [6, 6.07) is 7.54. The van der Waals surface area contributed by atoms with Crippen LogP contribution in [0.2, 0.25) is 0 Å². The molecule has 4 heteroatoms. The molecule has 0 saturated carbocycles. The molecule has 0 spiro atoms. The molecule has 1 amide bonds. The van der Waals surface area contributed by atoms with E-state index in [0.717, 1.165) is 11.1 Å². The third kappa shape index (κ3) is 1.67. The summed E-state index contributed by atoms with van der Waals surface area (Å²) in [5.41, 5.74) is 2.20. The molecule has 1 aromatic rings. The number of carbonyl (C=O) groups is 1. The van der Waals surface area contributed by atoms with Gasteiger partial charge in [-0.3, -0.25) is 4.79 Å². The van der Waals surface area contributed by atoms with E-state index in [1.165, 1.54) is 0 Å². The Bertz CT molecular complexity index is 354. The second-order valence-electron chi connectivity index (χ2n) is 3.10. The SMILES string of the molecule is O=C1c2ccccc2COCN1CBr. The number of amides is 1. The Kier molecular flexibility index (Phi) is 2.84. The zero-order valence-corrected chi connectivity index (χ0v) is 9.16. The molecule has 1 aliphatic rings. The summed E-state index contributed by atoms with van der Waals surface area (Å²) < 4.78 is 5.37. The smallest absolute Gasteiger partial charge is 0.256 e. The number of fused-ring (bicyclic) bond motifs is 1. The van der Waals surface area contributed by atoms with Crippen molar-refractivity contribution < 1.29 is 9.53 Å².